The van der Waals surface area contributed by atoms with Gasteiger partial charge in [-0.1, -0.05) is 25.3 Å². The van der Waals surface area contributed by atoms with Crippen molar-refractivity contribution in [3.8, 4) is 0 Å². The minimum Gasteiger partial charge on any atom is -0.354 e. The van der Waals surface area contributed by atoms with Crippen LogP contribution in [0.5, 0.6) is 0 Å². The fourth-order valence-electron chi connectivity index (χ4n) is 4.74. The first-order valence-corrected chi connectivity index (χ1v) is 12.3. The largest absolute Gasteiger partial charge is 0.354 e. The molecular weight excluding hydrogens is 394 g/mol. The number of pyridine rings is 1. The molecule has 1 saturated carbocycles. The second-order valence-corrected chi connectivity index (χ2v) is 9.47. The lowest BCUT2D eigenvalue weighted by Gasteiger charge is -2.37. The first-order valence-electron chi connectivity index (χ1n) is 10.9. The number of aromatic nitrogens is 4. The summed E-state index contributed by atoms with van der Waals surface area (Å²) in [4.78, 5) is 13.3. The zero-order valence-electron chi connectivity index (χ0n) is 17.7. The first-order chi connectivity index (χ1) is 14.7. The molecule has 1 fully saturated rings. The van der Waals surface area contributed by atoms with Gasteiger partial charge in [-0.05, 0) is 61.0 Å². The molecule has 0 aromatic carbocycles. The molecule has 0 radical (unpaired) electrons. The standard InChI is InChI=1S/C23H31N5OS/c1-30-16-10-19(22-26-25-20-9-3-6-15-28(20)22)24-21(29)17-23(11-4-2-5-12-23)18-27-13-7-8-14-27/h3,6-9,13-15,19H,2,4-5,10-12,16-18H2,1H3,(H,24,29). The molecule has 1 aliphatic carbocycles. The highest BCUT2D eigenvalue weighted by atomic mass is 32.2. The zero-order chi connectivity index (χ0) is 20.8. The summed E-state index contributed by atoms with van der Waals surface area (Å²) in [6.45, 7) is 0.913. The van der Waals surface area contributed by atoms with Gasteiger partial charge in [0.25, 0.3) is 0 Å². The fraction of sp³-hybridized carbons (Fsp3) is 0.522. The molecule has 3 heterocycles. The molecule has 4 rings (SSSR count). The van der Waals surface area contributed by atoms with Crippen molar-refractivity contribution < 1.29 is 4.79 Å². The number of carbonyl (C=O) groups is 1. The number of amides is 1. The van der Waals surface area contributed by atoms with Gasteiger partial charge in [-0.25, -0.2) is 0 Å². The fourth-order valence-corrected chi connectivity index (χ4v) is 5.21. The highest BCUT2D eigenvalue weighted by Crippen LogP contribution is 2.41. The highest BCUT2D eigenvalue weighted by Gasteiger charge is 2.35. The Morgan fingerprint density at radius 3 is 2.67 bits per heavy atom. The lowest BCUT2D eigenvalue weighted by atomic mass is 9.71. The van der Waals surface area contributed by atoms with Crippen LogP contribution in [0.1, 0.15) is 56.8 Å². The zero-order valence-corrected chi connectivity index (χ0v) is 18.5. The monoisotopic (exact) mass is 425 g/mol. The van der Waals surface area contributed by atoms with E-state index < -0.39 is 0 Å². The van der Waals surface area contributed by atoms with Gasteiger partial charge in [-0.2, -0.15) is 11.8 Å². The summed E-state index contributed by atoms with van der Waals surface area (Å²) < 4.78 is 4.22. The topological polar surface area (TPSA) is 64.2 Å². The predicted octanol–water partition coefficient (Wildman–Crippen LogP) is 4.48. The van der Waals surface area contributed by atoms with E-state index in [-0.39, 0.29) is 17.4 Å². The number of nitrogens with one attached hydrogen (secondary N) is 1. The van der Waals surface area contributed by atoms with Crippen LogP contribution in [0, 0.1) is 5.41 Å². The predicted molar refractivity (Wildman–Crippen MR) is 121 cm³/mol. The van der Waals surface area contributed by atoms with Crippen molar-refractivity contribution in [2.24, 2.45) is 5.41 Å². The first kappa shape index (κ1) is 21.0. The number of hydrogen-bond donors (Lipinski definition) is 1. The van der Waals surface area contributed by atoms with E-state index in [4.69, 9.17) is 0 Å². The number of rotatable bonds is 9. The summed E-state index contributed by atoms with van der Waals surface area (Å²) >= 11 is 1.79. The van der Waals surface area contributed by atoms with Gasteiger partial charge in [-0.3, -0.25) is 9.20 Å². The number of thioether (sulfide) groups is 1. The normalized spacial score (nSPS) is 17.1. The van der Waals surface area contributed by atoms with Crippen molar-refractivity contribution in [3.63, 3.8) is 0 Å². The van der Waals surface area contributed by atoms with E-state index in [2.05, 4.69) is 50.9 Å². The molecular formula is C23H31N5OS. The Bertz CT molecular complexity index is 946. The maximum Gasteiger partial charge on any atom is 0.221 e. The Kier molecular flexibility index (Phi) is 6.77. The summed E-state index contributed by atoms with van der Waals surface area (Å²) in [7, 11) is 0. The van der Waals surface area contributed by atoms with Crippen LogP contribution in [-0.4, -0.2) is 37.1 Å². The van der Waals surface area contributed by atoms with Crippen LogP contribution in [0.25, 0.3) is 5.65 Å². The smallest absolute Gasteiger partial charge is 0.221 e. The van der Waals surface area contributed by atoms with Gasteiger partial charge in [0.2, 0.25) is 5.91 Å². The van der Waals surface area contributed by atoms with Gasteiger partial charge >= 0.3 is 0 Å². The molecule has 1 amide bonds. The van der Waals surface area contributed by atoms with Crippen LogP contribution in [0.3, 0.4) is 0 Å². The SMILES string of the molecule is CSCCC(NC(=O)CC1(Cn2cccc2)CCCCC1)c1nnc2ccccn12. The van der Waals surface area contributed by atoms with Gasteiger partial charge in [-0.15, -0.1) is 10.2 Å². The molecule has 0 saturated heterocycles. The van der Waals surface area contributed by atoms with Crippen LogP contribution in [-0.2, 0) is 11.3 Å². The van der Waals surface area contributed by atoms with Crippen LogP contribution >= 0.6 is 11.8 Å². The van der Waals surface area contributed by atoms with Crippen LogP contribution in [0.2, 0.25) is 0 Å². The third kappa shape index (κ3) is 4.89. The van der Waals surface area contributed by atoms with Gasteiger partial charge in [0.05, 0.1) is 6.04 Å². The van der Waals surface area contributed by atoms with Crippen molar-refractivity contribution in [2.45, 2.75) is 57.5 Å². The van der Waals surface area contributed by atoms with Gasteiger partial charge in [0.1, 0.15) is 0 Å². The molecule has 30 heavy (non-hydrogen) atoms. The van der Waals surface area contributed by atoms with Gasteiger partial charge < -0.3 is 9.88 Å². The molecule has 0 spiro atoms. The van der Waals surface area contributed by atoms with E-state index in [0.29, 0.717) is 6.42 Å². The van der Waals surface area contributed by atoms with E-state index in [0.717, 1.165) is 43.0 Å². The quantitative estimate of drug-likeness (QED) is 0.549. The maximum absolute atomic E-state index is 13.3. The second-order valence-electron chi connectivity index (χ2n) is 8.48. The Labute approximate surface area is 182 Å². The molecule has 0 aliphatic heterocycles. The molecule has 3 aromatic heterocycles. The Hall–Kier alpha value is -2.28. The third-order valence-electron chi connectivity index (χ3n) is 6.23. The van der Waals surface area contributed by atoms with Crippen molar-refractivity contribution in [3.05, 3.63) is 54.7 Å². The molecule has 160 valence electrons. The lowest BCUT2D eigenvalue weighted by molar-refractivity contribution is -0.125. The minimum atomic E-state index is -0.130. The Balaban J connectivity index is 1.51. The van der Waals surface area contributed by atoms with Crippen LogP contribution < -0.4 is 5.32 Å². The molecule has 6 nitrogen and oxygen atoms in total. The number of hydrogen-bond acceptors (Lipinski definition) is 4. The van der Waals surface area contributed by atoms with Crippen molar-refractivity contribution in [1.29, 1.82) is 0 Å². The van der Waals surface area contributed by atoms with Crippen molar-refractivity contribution in [1.82, 2.24) is 24.5 Å². The molecule has 3 aromatic rings. The van der Waals surface area contributed by atoms with Crippen LogP contribution in [0.15, 0.2) is 48.9 Å². The number of nitrogens with zero attached hydrogens (tertiary/aromatic N) is 4. The maximum atomic E-state index is 13.3. The highest BCUT2D eigenvalue weighted by molar-refractivity contribution is 7.98. The van der Waals surface area contributed by atoms with E-state index in [9.17, 15) is 4.79 Å². The average molecular weight is 426 g/mol. The molecule has 7 heteroatoms. The van der Waals surface area contributed by atoms with Gasteiger partial charge in [0.15, 0.2) is 11.5 Å². The van der Waals surface area contributed by atoms with Gasteiger partial charge in [0, 0.05) is 31.6 Å². The number of carbonyl (C=O) groups excluding carboxylic acids is 1. The molecule has 1 N–H and O–H groups in total. The molecule has 1 aliphatic rings. The van der Waals surface area contributed by atoms with E-state index >= 15 is 0 Å². The van der Waals surface area contributed by atoms with Crippen molar-refractivity contribution in [2.75, 3.05) is 12.0 Å². The molecule has 0 bridgehead atoms. The van der Waals surface area contributed by atoms with Crippen LogP contribution in [0.4, 0.5) is 0 Å². The van der Waals surface area contributed by atoms with E-state index in [1.54, 1.807) is 11.8 Å². The van der Waals surface area contributed by atoms with Crippen molar-refractivity contribution >= 4 is 23.3 Å². The minimum absolute atomic E-state index is 0.0400. The Morgan fingerprint density at radius 1 is 1.13 bits per heavy atom. The summed E-state index contributed by atoms with van der Waals surface area (Å²) in [5.41, 5.74) is 0.852. The lowest BCUT2D eigenvalue weighted by Crippen LogP contribution is -2.38. The van der Waals surface area contributed by atoms with E-state index in [1.807, 2.05) is 28.8 Å². The molecule has 1 atom stereocenters. The summed E-state index contributed by atoms with van der Waals surface area (Å²) in [6, 6.07) is 9.86. The summed E-state index contributed by atoms with van der Waals surface area (Å²) in [5.74, 6) is 1.90. The average Bonchev–Trinajstić information content (AvgIpc) is 3.41. The van der Waals surface area contributed by atoms with E-state index in [1.165, 1.54) is 19.3 Å². The number of fused-ring (bicyclic) bond motifs is 1. The summed E-state index contributed by atoms with van der Waals surface area (Å²) in [6.07, 6.45) is 15.6. The second kappa shape index (κ2) is 9.69. The summed E-state index contributed by atoms with van der Waals surface area (Å²) in [5, 5.41) is 12.0. The molecule has 1 unspecified atom stereocenters. The Morgan fingerprint density at radius 2 is 1.90 bits per heavy atom. The third-order valence-corrected chi connectivity index (χ3v) is 6.88.